The lowest BCUT2D eigenvalue weighted by molar-refractivity contribution is 0.247. The van der Waals surface area contributed by atoms with Gasteiger partial charge in [0.25, 0.3) is 0 Å². The predicted octanol–water partition coefficient (Wildman–Crippen LogP) is 3.26. The van der Waals surface area contributed by atoms with Crippen molar-refractivity contribution in [3.8, 4) is 0 Å². The molecule has 2 N–H and O–H groups in total. The molecule has 0 unspecified atom stereocenters. The van der Waals surface area contributed by atoms with Crippen LogP contribution in [0.1, 0.15) is 24.8 Å². The van der Waals surface area contributed by atoms with E-state index in [1.807, 2.05) is 0 Å². The molecule has 0 heterocycles. The third-order valence-electron chi connectivity index (χ3n) is 3.72. The molecule has 0 bridgehead atoms. The molecule has 1 fully saturated rings. The van der Waals surface area contributed by atoms with Gasteiger partial charge in [0.1, 0.15) is 0 Å². The Labute approximate surface area is 96.3 Å². The van der Waals surface area contributed by atoms with Gasteiger partial charge in [-0.25, -0.2) is 0 Å². The van der Waals surface area contributed by atoms with Gasteiger partial charge in [-0.3, -0.25) is 0 Å². The van der Waals surface area contributed by atoms with Gasteiger partial charge in [0.2, 0.25) is 0 Å². The van der Waals surface area contributed by atoms with Gasteiger partial charge >= 0.3 is 0 Å². The number of benzene rings is 2. The van der Waals surface area contributed by atoms with Crippen molar-refractivity contribution in [2.24, 2.45) is 5.73 Å². The van der Waals surface area contributed by atoms with Crippen LogP contribution in [0.15, 0.2) is 42.5 Å². The smallest absolute Gasteiger partial charge is 0.0195 e. The highest BCUT2D eigenvalue weighted by Gasteiger charge is 2.32. The highest BCUT2D eigenvalue weighted by molar-refractivity contribution is 5.83. The van der Waals surface area contributed by atoms with Gasteiger partial charge in [-0.05, 0) is 42.0 Å². The van der Waals surface area contributed by atoms with Crippen molar-refractivity contribution in [2.75, 3.05) is 0 Å². The maximum absolute atomic E-state index is 6.28. The summed E-state index contributed by atoms with van der Waals surface area (Å²) < 4.78 is 0. The number of nitrogens with two attached hydrogens (primary N) is 1. The Bertz CT molecular complexity index is 512. The van der Waals surface area contributed by atoms with E-state index in [1.54, 1.807) is 0 Å². The maximum Gasteiger partial charge on any atom is 0.0195 e. The zero-order valence-corrected chi connectivity index (χ0v) is 9.45. The summed E-state index contributed by atoms with van der Waals surface area (Å²) in [6.07, 6.45) is 4.68. The Morgan fingerprint density at radius 3 is 2.44 bits per heavy atom. The van der Waals surface area contributed by atoms with Gasteiger partial charge in [-0.1, -0.05) is 42.5 Å². The van der Waals surface area contributed by atoms with Crippen LogP contribution >= 0.6 is 0 Å². The third-order valence-corrected chi connectivity index (χ3v) is 3.72. The summed E-state index contributed by atoms with van der Waals surface area (Å²) in [5.74, 6) is 0. The van der Waals surface area contributed by atoms with Crippen molar-refractivity contribution in [2.45, 2.75) is 31.2 Å². The molecular weight excluding hydrogens is 194 g/mol. The fraction of sp³-hybridized carbons (Fsp3) is 0.333. The summed E-state index contributed by atoms with van der Waals surface area (Å²) in [5.41, 5.74) is 7.74. The molecule has 2 aromatic carbocycles. The zero-order chi connectivity index (χ0) is 11.0. The van der Waals surface area contributed by atoms with Crippen molar-refractivity contribution in [1.29, 1.82) is 0 Å². The summed E-state index contributed by atoms with van der Waals surface area (Å²) >= 11 is 0. The minimum absolute atomic E-state index is 0.0858. The summed E-state index contributed by atoms with van der Waals surface area (Å²) in [7, 11) is 0. The second kappa shape index (κ2) is 3.60. The summed E-state index contributed by atoms with van der Waals surface area (Å²) in [5, 5.41) is 2.63. The van der Waals surface area contributed by atoms with Gasteiger partial charge in [0.05, 0.1) is 0 Å². The predicted molar refractivity (Wildman–Crippen MR) is 68.4 cm³/mol. The van der Waals surface area contributed by atoms with Crippen molar-refractivity contribution in [3.63, 3.8) is 0 Å². The van der Waals surface area contributed by atoms with E-state index in [4.69, 9.17) is 5.73 Å². The van der Waals surface area contributed by atoms with E-state index in [0.717, 1.165) is 6.42 Å². The Hall–Kier alpha value is -1.34. The lowest BCUT2D eigenvalue weighted by atomic mass is 9.73. The second-order valence-electron chi connectivity index (χ2n) is 5.07. The van der Waals surface area contributed by atoms with Crippen LogP contribution in [-0.2, 0) is 6.42 Å². The van der Waals surface area contributed by atoms with E-state index in [-0.39, 0.29) is 5.54 Å². The maximum atomic E-state index is 6.28. The Morgan fingerprint density at radius 1 is 1.00 bits per heavy atom. The lowest BCUT2D eigenvalue weighted by Gasteiger charge is -2.38. The number of rotatable bonds is 2. The summed E-state index contributed by atoms with van der Waals surface area (Å²) in [4.78, 5) is 0. The minimum atomic E-state index is 0.0858. The Balaban J connectivity index is 1.93. The van der Waals surface area contributed by atoms with E-state index < -0.39 is 0 Å². The summed E-state index contributed by atoms with van der Waals surface area (Å²) in [6.45, 7) is 0. The molecular formula is C15H17N. The Morgan fingerprint density at radius 2 is 1.75 bits per heavy atom. The van der Waals surface area contributed by atoms with Crippen LogP contribution in [0, 0.1) is 0 Å². The average Bonchev–Trinajstić information content (AvgIpc) is 2.27. The lowest BCUT2D eigenvalue weighted by Crippen LogP contribution is -2.48. The minimum Gasteiger partial charge on any atom is -0.325 e. The van der Waals surface area contributed by atoms with Crippen molar-refractivity contribution in [1.82, 2.24) is 0 Å². The molecule has 0 saturated heterocycles. The molecule has 0 radical (unpaired) electrons. The van der Waals surface area contributed by atoms with E-state index >= 15 is 0 Å². The van der Waals surface area contributed by atoms with Gasteiger partial charge in [-0.2, -0.15) is 0 Å². The van der Waals surface area contributed by atoms with Crippen LogP contribution in [0.2, 0.25) is 0 Å². The fourth-order valence-corrected chi connectivity index (χ4v) is 2.56. The Kier molecular flexibility index (Phi) is 2.22. The van der Waals surface area contributed by atoms with Gasteiger partial charge < -0.3 is 5.73 Å². The van der Waals surface area contributed by atoms with Crippen LogP contribution in [-0.4, -0.2) is 5.54 Å². The normalized spacial score (nSPS) is 18.3. The molecule has 1 nitrogen and oxygen atoms in total. The summed E-state index contributed by atoms with van der Waals surface area (Å²) in [6, 6.07) is 15.2. The van der Waals surface area contributed by atoms with Crippen LogP contribution in [0.25, 0.3) is 10.8 Å². The molecule has 1 aliphatic rings. The van der Waals surface area contributed by atoms with Crippen LogP contribution in [0.4, 0.5) is 0 Å². The highest BCUT2D eigenvalue weighted by atomic mass is 14.8. The topological polar surface area (TPSA) is 26.0 Å². The standard InChI is InChI=1S/C15H17N/c16-15(8-3-9-15)11-12-6-7-13-4-1-2-5-14(13)10-12/h1-2,4-7,10H,3,8-9,11,16H2. The highest BCUT2D eigenvalue weighted by Crippen LogP contribution is 2.32. The van der Waals surface area contributed by atoms with E-state index in [9.17, 15) is 0 Å². The van der Waals surface area contributed by atoms with Crippen molar-refractivity contribution >= 4 is 10.8 Å². The quantitative estimate of drug-likeness (QED) is 0.810. The molecule has 0 aromatic heterocycles. The zero-order valence-electron chi connectivity index (χ0n) is 9.45. The molecule has 0 spiro atoms. The molecule has 0 amide bonds. The van der Waals surface area contributed by atoms with Crippen LogP contribution in [0.3, 0.4) is 0 Å². The van der Waals surface area contributed by atoms with E-state index in [2.05, 4.69) is 42.5 Å². The van der Waals surface area contributed by atoms with Crippen molar-refractivity contribution < 1.29 is 0 Å². The molecule has 16 heavy (non-hydrogen) atoms. The molecule has 0 atom stereocenters. The van der Waals surface area contributed by atoms with Gasteiger partial charge in [-0.15, -0.1) is 0 Å². The average molecular weight is 211 g/mol. The first-order valence-electron chi connectivity index (χ1n) is 6.02. The van der Waals surface area contributed by atoms with Gasteiger partial charge in [0.15, 0.2) is 0 Å². The molecule has 1 heteroatoms. The molecule has 0 aliphatic heterocycles. The fourth-order valence-electron chi connectivity index (χ4n) is 2.56. The van der Waals surface area contributed by atoms with Crippen LogP contribution in [0.5, 0.6) is 0 Å². The second-order valence-corrected chi connectivity index (χ2v) is 5.07. The molecule has 3 rings (SSSR count). The number of hydrogen-bond acceptors (Lipinski definition) is 1. The number of hydrogen-bond donors (Lipinski definition) is 1. The third kappa shape index (κ3) is 1.72. The number of fused-ring (bicyclic) bond motifs is 1. The monoisotopic (exact) mass is 211 g/mol. The molecule has 82 valence electrons. The molecule has 1 aliphatic carbocycles. The van der Waals surface area contributed by atoms with Gasteiger partial charge in [0, 0.05) is 5.54 Å². The van der Waals surface area contributed by atoms with Crippen molar-refractivity contribution in [3.05, 3.63) is 48.0 Å². The molecule has 2 aromatic rings. The first-order chi connectivity index (χ1) is 7.75. The van der Waals surface area contributed by atoms with E-state index in [0.29, 0.717) is 0 Å². The van der Waals surface area contributed by atoms with Crippen LogP contribution < -0.4 is 5.73 Å². The molecule has 1 saturated carbocycles. The van der Waals surface area contributed by atoms with E-state index in [1.165, 1.54) is 35.6 Å². The largest absolute Gasteiger partial charge is 0.325 e. The SMILES string of the molecule is NC1(Cc2ccc3ccccc3c2)CCC1. The first-order valence-corrected chi connectivity index (χ1v) is 6.02. The first kappa shape index (κ1) is 9.86.